The first-order valence-electron chi connectivity index (χ1n) is 10.2. The molecule has 2 aliphatic heterocycles. The van der Waals surface area contributed by atoms with Crippen molar-refractivity contribution < 1.29 is 23.8 Å². The second-order valence-electron chi connectivity index (χ2n) is 7.93. The van der Waals surface area contributed by atoms with E-state index in [0.29, 0.717) is 17.0 Å². The first-order valence-corrected chi connectivity index (χ1v) is 10.2. The Kier molecular flexibility index (Phi) is 4.43. The molecule has 1 amide bonds. The number of hydrogen-bond acceptors (Lipinski definition) is 5. The van der Waals surface area contributed by atoms with E-state index in [1.165, 1.54) is 11.2 Å². The lowest BCUT2D eigenvalue weighted by Gasteiger charge is -2.24. The highest BCUT2D eigenvalue weighted by atomic mass is 16.5. The largest absolute Gasteiger partial charge is 0.507 e. The maximum absolute atomic E-state index is 13.1. The third-order valence-corrected chi connectivity index (χ3v) is 5.80. The smallest absolute Gasteiger partial charge is 0.300 e. The highest BCUT2D eigenvalue weighted by Gasteiger charge is 2.48. The molecule has 31 heavy (non-hydrogen) atoms. The van der Waals surface area contributed by atoms with Crippen LogP contribution in [0.15, 0.2) is 70.9 Å². The van der Waals surface area contributed by atoms with Gasteiger partial charge < -0.3 is 14.3 Å². The minimum absolute atomic E-state index is 0.00937. The quantitative estimate of drug-likeness (QED) is 0.386. The van der Waals surface area contributed by atoms with Crippen LogP contribution in [0.3, 0.4) is 0 Å². The van der Waals surface area contributed by atoms with Crippen molar-refractivity contribution in [3.63, 3.8) is 0 Å². The number of furan rings is 1. The Hall–Kier alpha value is -3.80. The summed E-state index contributed by atoms with van der Waals surface area (Å²) < 4.78 is 11.3. The summed E-state index contributed by atoms with van der Waals surface area (Å²) in [4.78, 5) is 27.6. The van der Waals surface area contributed by atoms with Crippen molar-refractivity contribution in [2.24, 2.45) is 0 Å². The molecule has 0 radical (unpaired) electrons. The number of aliphatic hydroxyl groups is 1. The number of benzene rings is 2. The standard InChI is InChI=1S/C25H21NO5/c1-14-6-3-4-7-18(14)26-22(20-8-5-11-30-20)21(24(28)25(26)29)23(27)16-9-10-19-17(13-16)12-15(2)31-19/h3-11,13,15,22,27H,12H2,1-2H3/b23-21-. The number of carbonyl (C=O) groups is 2. The lowest BCUT2D eigenvalue weighted by Crippen LogP contribution is -2.29. The fourth-order valence-corrected chi connectivity index (χ4v) is 4.36. The number of anilines is 1. The van der Waals surface area contributed by atoms with E-state index in [9.17, 15) is 14.7 Å². The fraction of sp³-hybridized carbons (Fsp3) is 0.200. The zero-order valence-corrected chi connectivity index (χ0v) is 17.2. The van der Waals surface area contributed by atoms with Gasteiger partial charge in [0.1, 0.15) is 29.4 Å². The summed E-state index contributed by atoms with van der Waals surface area (Å²) in [5.41, 5.74) is 2.87. The van der Waals surface area contributed by atoms with Crippen molar-refractivity contribution in [1.82, 2.24) is 0 Å². The number of Topliss-reactive ketones (excluding diaryl/α,β-unsaturated/α-hetero) is 1. The van der Waals surface area contributed by atoms with Crippen molar-refractivity contribution in [1.29, 1.82) is 0 Å². The second kappa shape index (κ2) is 7.16. The average molecular weight is 415 g/mol. The molecule has 1 saturated heterocycles. The van der Waals surface area contributed by atoms with E-state index in [1.807, 2.05) is 38.1 Å². The Morgan fingerprint density at radius 2 is 1.90 bits per heavy atom. The zero-order chi connectivity index (χ0) is 21.7. The molecule has 1 N–H and O–H groups in total. The van der Waals surface area contributed by atoms with Crippen LogP contribution >= 0.6 is 0 Å². The average Bonchev–Trinajstić information content (AvgIpc) is 3.46. The van der Waals surface area contributed by atoms with Crippen LogP contribution in [0.4, 0.5) is 5.69 Å². The van der Waals surface area contributed by atoms with Gasteiger partial charge in [0, 0.05) is 17.7 Å². The Balaban J connectivity index is 1.69. The monoisotopic (exact) mass is 415 g/mol. The van der Waals surface area contributed by atoms with Crippen LogP contribution in [0.1, 0.15) is 35.4 Å². The lowest BCUT2D eigenvalue weighted by atomic mass is 9.97. The van der Waals surface area contributed by atoms with Gasteiger partial charge in [-0.3, -0.25) is 14.5 Å². The summed E-state index contributed by atoms with van der Waals surface area (Å²) in [6.07, 6.45) is 2.26. The Bertz CT molecular complexity index is 1220. The third-order valence-electron chi connectivity index (χ3n) is 5.80. The van der Waals surface area contributed by atoms with Gasteiger partial charge in [0.25, 0.3) is 11.7 Å². The van der Waals surface area contributed by atoms with Gasteiger partial charge in [0.05, 0.1) is 11.8 Å². The van der Waals surface area contributed by atoms with Gasteiger partial charge in [-0.25, -0.2) is 0 Å². The summed E-state index contributed by atoms with van der Waals surface area (Å²) in [6.45, 7) is 3.85. The molecular formula is C25H21NO5. The summed E-state index contributed by atoms with van der Waals surface area (Å²) in [6, 6.07) is 15.2. The van der Waals surface area contributed by atoms with Crippen LogP contribution in [0.2, 0.25) is 0 Å². The van der Waals surface area contributed by atoms with E-state index in [-0.39, 0.29) is 17.4 Å². The second-order valence-corrected chi connectivity index (χ2v) is 7.93. The van der Waals surface area contributed by atoms with Crippen LogP contribution in [-0.2, 0) is 16.0 Å². The summed E-state index contributed by atoms with van der Waals surface area (Å²) in [7, 11) is 0. The van der Waals surface area contributed by atoms with E-state index in [0.717, 1.165) is 23.3 Å². The SMILES string of the molecule is Cc1ccccc1N1C(=O)C(=O)/C(=C(\O)c2ccc3c(c2)CC(C)O3)C1c1ccco1. The van der Waals surface area contributed by atoms with Crippen LogP contribution in [0.5, 0.6) is 5.75 Å². The summed E-state index contributed by atoms with van der Waals surface area (Å²) in [5.74, 6) is -0.491. The molecule has 2 unspecified atom stereocenters. The highest BCUT2D eigenvalue weighted by Crippen LogP contribution is 2.43. The number of carbonyl (C=O) groups excluding carboxylic acids is 2. The van der Waals surface area contributed by atoms with Gasteiger partial charge in [-0.2, -0.15) is 0 Å². The number of nitrogens with zero attached hydrogens (tertiary/aromatic N) is 1. The molecule has 2 atom stereocenters. The number of aryl methyl sites for hydroxylation is 1. The number of ether oxygens (including phenoxy) is 1. The van der Waals surface area contributed by atoms with Crippen molar-refractivity contribution in [3.8, 4) is 5.75 Å². The number of hydrogen-bond donors (Lipinski definition) is 1. The number of aliphatic hydroxyl groups excluding tert-OH is 1. The van der Waals surface area contributed by atoms with E-state index in [1.54, 1.807) is 30.3 Å². The molecule has 1 aromatic heterocycles. The molecule has 156 valence electrons. The van der Waals surface area contributed by atoms with E-state index >= 15 is 0 Å². The van der Waals surface area contributed by atoms with Gasteiger partial charge in [-0.1, -0.05) is 18.2 Å². The van der Waals surface area contributed by atoms with Crippen molar-refractivity contribution >= 4 is 23.1 Å². The predicted molar refractivity (Wildman–Crippen MR) is 115 cm³/mol. The Morgan fingerprint density at radius 1 is 1.10 bits per heavy atom. The van der Waals surface area contributed by atoms with Crippen LogP contribution < -0.4 is 9.64 Å². The van der Waals surface area contributed by atoms with Gasteiger partial charge in [0.2, 0.25) is 0 Å². The number of ketones is 1. The highest BCUT2D eigenvalue weighted by molar-refractivity contribution is 6.51. The molecule has 0 bridgehead atoms. The summed E-state index contributed by atoms with van der Waals surface area (Å²) in [5, 5.41) is 11.2. The van der Waals surface area contributed by atoms with Crippen molar-refractivity contribution in [2.75, 3.05) is 4.90 Å². The number of rotatable bonds is 3. The molecule has 3 heterocycles. The lowest BCUT2D eigenvalue weighted by molar-refractivity contribution is -0.132. The normalized spacial score (nSPS) is 21.9. The van der Waals surface area contributed by atoms with Crippen LogP contribution in [0, 0.1) is 6.92 Å². The molecular weight excluding hydrogens is 394 g/mol. The predicted octanol–water partition coefficient (Wildman–Crippen LogP) is 4.54. The molecule has 5 rings (SSSR count). The van der Waals surface area contributed by atoms with E-state index in [2.05, 4.69) is 0 Å². The molecule has 1 fully saturated rings. The zero-order valence-electron chi connectivity index (χ0n) is 17.2. The van der Waals surface area contributed by atoms with Gasteiger partial charge in [-0.15, -0.1) is 0 Å². The maximum atomic E-state index is 13.1. The molecule has 0 spiro atoms. The molecule has 2 aromatic carbocycles. The van der Waals surface area contributed by atoms with E-state index in [4.69, 9.17) is 9.15 Å². The van der Waals surface area contributed by atoms with Gasteiger partial charge in [-0.05, 0) is 61.4 Å². The molecule has 0 saturated carbocycles. The topological polar surface area (TPSA) is 80.0 Å². The molecule has 0 aliphatic carbocycles. The summed E-state index contributed by atoms with van der Waals surface area (Å²) >= 11 is 0. The van der Waals surface area contributed by atoms with E-state index < -0.39 is 17.7 Å². The minimum Gasteiger partial charge on any atom is -0.507 e. The Morgan fingerprint density at radius 3 is 2.65 bits per heavy atom. The Labute approximate surface area is 179 Å². The molecule has 6 nitrogen and oxygen atoms in total. The molecule has 6 heteroatoms. The van der Waals surface area contributed by atoms with Crippen LogP contribution in [-0.4, -0.2) is 22.9 Å². The molecule has 2 aliphatic rings. The first-order chi connectivity index (χ1) is 15.0. The van der Waals surface area contributed by atoms with Crippen molar-refractivity contribution in [3.05, 3.63) is 88.9 Å². The molecule has 3 aromatic rings. The number of para-hydroxylation sites is 1. The van der Waals surface area contributed by atoms with Gasteiger partial charge in [0.15, 0.2) is 0 Å². The maximum Gasteiger partial charge on any atom is 0.300 e. The van der Waals surface area contributed by atoms with Gasteiger partial charge >= 0.3 is 0 Å². The number of fused-ring (bicyclic) bond motifs is 1. The fourth-order valence-electron chi connectivity index (χ4n) is 4.36. The first kappa shape index (κ1) is 19.2. The van der Waals surface area contributed by atoms with Crippen LogP contribution in [0.25, 0.3) is 5.76 Å². The number of amides is 1. The minimum atomic E-state index is -0.862. The third kappa shape index (κ3) is 3.03. The van der Waals surface area contributed by atoms with Crippen molar-refractivity contribution in [2.45, 2.75) is 32.4 Å².